The second kappa shape index (κ2) is 4.83. The summed E-state index contributed by atoms with van der Waals surface area (Å²) in [5.41, 5.74) is 0. The summed E-state index contributed by atoms with van der Waals surface area (Å²) in [4.78, 5) is 3.74. The van der Waals surface area contributed by atoms with E-state index in [2.05, 4.69) is 35.2 Å². The molecule has 92 valence electrons. The van der Waals surface area contributed by atoms with Crippen LogP contribution in [0.3, 0.4) is 0 Å². The predicted molar refractivity (Wildman–Crippen MR) is 74.7 cm³/mol. The van der Waals surface area contributed by atoms with Gasteiger partial charge >= 0.3 is 0 Å². The summed E-state index contributed by atoms with van der Waals surface area (Å²) in [6, 6.07) is 10.6. The molecule has 3 aliphatic heterocycles. The average Bonchev–Trinajstić information content (AvgIpc) is 2.39. The zero-order valence-electron chi connectivity index (χ0n) is 9.94. The Morgan fingerprint density at radius 2 is 1.94 bits per heavy atom. The number of benzene rings is 1. The number of hydrogen-bond donors (Lipinski definition) is 0. The Kier molecular flexibility index (Phi) is 3.38. The van der Waals surface area contributed by atoms with Crippen LogP contribution in [-0.4, -0.2) is 28.7 Å². The maximum absolute atomic E-state index is 6.83. The molecule has 17 heavy (non-hydrogen) atoms. The fourth-order valence-corrected chi connectivity index (χ4v) is 4.56. The summed E-state index contributed by atoms with van der Waals surface area (Å²) < 4.78 is 0. The van der Waals surface area contributed by atoms with Crippen LogP contribution in [0.2, 0.25) is 0 Å². The van der Waals surface area contributed by atoms with Gasteiger partial charge in [0.05, 0.1) is 0 Å². The lowest BCUT2D eigenvalue weighted by Crippen LogP contribution is -2.56. The van der Waals surface area contributed by atoms with Gasteiger partial charge in [-0.3, -0.25) is 4.90 Å². The Morgan fingerprint density at radius 1 is 1.24 bits per heavy atom. The molecule has 0 radical (unpaired) electrons. The third kappa shape index (κ3) is 2.49. The first-order valence-corrected chi connectivity index (χ1v) is 7.74. The monoisotopic (exact) mass is 267 g/mol. The van der Waals surface area contributed by atoms with E-state index in [1.54, 1.807) is 0 Å². The van der Waals surface area contributed by atoms with E-state index in [1.807, 2.05) is 11.8 Å². The number of fused-ring (bicyclic) bond motifs is 3. The van der Waals surface area contributed by atoms with Crippen molar-refractivity contribution in [2.24, 2.45) is 5.92 Å². The zero-order chi connectivity index (χ0) is 11.7. The minimum absolute atomic E-state index is 0.0817. The molecular formula is C14H18ClNS. The average molecular weight is 268 g/mol. The highest BCUT2D eigenvalue weighted by Crippen LogP contribution is 2.44. The van der Waals surface area contributed by atoms with Gasteiger partial charge in [-0.2, -0.15) is 0 Å². The molecule has 0 aliphatic carbocycles. The molecule has 3 saturated heterocycles. The molecule has 1 atom stereocenters. The van der Waals surface area contributed by atoms with Gasteiger partial charge in [-0.05, 0) is 37.3 Å². The third-order valence-corrected chi connectivity index (χ3v) is 5.90. The number of hydrogen-bond acceptors (Lipinski definition) is 2. The highest BCUT2D eigenvalue weighted by molar-refractivity contribution is 7.99. The molecule has 0 saturated carbocycles. The van der Waals surface area contributed by atoms with E-state index in [1.165, 1.54) is 37.2 Å². The van der Waals surface area contributed by atoms with Crippen molar-refractivity contribution in [3.63, 3.8) is 0 Å². The molecule has 3 aliphatic rings. The van der Waals surface area contributed by atoms with Crippen molar-refractivity contribution in [3.05, 3.63) is 30.3 Å². The summed E-state index contributed by atoms with van der Waals surface area (Å²) in [6.07, 6.45) is 3.88. The largest absolute Gasteiger partial charge is 0.284 e. The summed E-state index contributed by atoms with van der Waals surface area (Å²) in [6.45, 7) is 2.40. The molecule has 3 fully saturated rings. The van der Waals surface area contributed by atoms with Crippen LogP contribution in [0.4, 0.5) is 0 Å². The molecule has 3 heteroatoms. The zero-order valence-corrected chi connectivity index (χ0v) is 11.5. The van der Waals surface area contributed by atoms with Crippen LogP contribution in [0.5, 0.6) is 0 Å². The predicted octanol–water partition coefficient (Wildman–Crippen LogP) is 3.83. The lowest BCUT2D eigenvalue weighted by Gasteiger charge is -2.50. The van der Waals surface area contributed by atoms with E-state index in [-0.39, 0.29) is 5.00 Å². The van der Waals surface area contributed by atoms with E-state index < -0.39 is 0 Å². The number of alkyl halides is 1. The summed E-state index contributed by atoms with van der Waals surface area (Å²) in [7, 11) is 0. The molecule has 2 bridgehead atoms. The molecule has 0 aromatic heterocycles. The standard InChI is InChI=1S/C14H18ClNS/c15-14(10-12-6-8-16(14)9-7-12)11-17-13-4-2-1-3-5-13/h1-5,12H,6-11H2. The Labute approximate surface area is 113 Å². The molecular weight excluding hydrogens is 250 g/mol. The highest BCUT2D eigenvalue weighted by Gasteiger charge is 2.44. The number of nitrogens with zero attached hydrogens (tertiary/aromatic N) is 1. The van der Waals surface area contributed by atoms with Crippen LogP contribution < -0.4 is 0 Å². The molecule has 3 heterocycles. The number of rotatable bonds is 3. The highest BCUT2D eigenvalue weighted by atomic mass is 35.5. The summed E-state index contributed by atoms with van der Waals surface area (Å²) >= 11 is 8.72. The van der Waals surface area contributed by atoms with Gasteiger partial charge in [-0.25, -0.2) is 0 Å². The summed E-state index contributed by atoms with van der Waals surface area (Å²) in [5.74, 6) is 1.88. The first kappa shape index (κ1) is 11.9. The van der Waals surface area contributed by atoms with Crippen molar-refractivity contribution < 1.29 is 0 Å². The van der Waals surface area contributed by atoms with Crippen molar-refractivity contribution in [1.29, 1.82) is 0 Å². The Balaban J connectivity index is 1.65. The maximum atomic E-state index is 6.83. The quantitative estimate of drug-likeness (QED) is 0.465. The Hall–Kier alpha value is -0.180. The van der Waals surface area contributed by atoms with E-state index in [9.17, 15) is 0 Å². The van der Waals surface area contributed by atoms with Crippen LogP contribution >= 0.6 is 23.4 Å². The molecule has 1 aromatic rings. The smallest absolute Gasteiger partial charge is 0.106 e. The summed E-state index contributed by atoms with van der Waals surface area (Å²) in [5, 5.41) is 0. The third-order valence-electron chi connectivity index (χ3n) is 3.99. The molecule has 4 rings (SSSR count). The van der Waals surface area contributed by atoms with Gasteiger partial charge in [0.2, 0.25) is 0 Å². The van der Waals surface area contributed by atoms with Crippen LogP contribution in [0.15, 0.2) is 35.2 Å². The van der Waals surface area contributed by atoms with Crippen molar-refractivity contribution in [1.82, 2.24) is 4.90 Å². The lowest BCUT2D eigenvalue weighted by atomic mass is 9.83. The van der Waals surface area contributed by atoms with E-state index in [0.29, 0.717) is 0 Å². The van der Waals surface area contributed by atoms with Gasteiger partial charge in [0.1, 0.15) is 5.00 Å². The molecule has 1 nitrogen and oxygen atoms in total. The van der Waals surface area contributed by atoms with E-state index in [0.717, 1.165) is 11.7 Å². The Bertz CT molecular complexity index is 375. The van der Waals surface area contributed by atoms with Crippen LogP contribution in [0.1, 0.15) is 19.3 Å². The lowest BCUT2D eigenvalue weighted by molar-refractivity contribution is 0.0365. The van der Waals surface area contributed by atoms with Crippen molar-refractivity contribution >= 4 is 23.4 Å². The van der Waals surface area contributed by atoms with Crippen LogP contribution in [-0.2, 0) is 0 Å². The number of piperidine rings is 3. The van der Waals surface area contributed by atoms with Crippen LogP contribution in [0, 0.1) is 5.92 Å². The van der Waals surface area contributed by atoms with Crippen molar-refractivity contribution in [3.8, 4) is 0 Å². The van der Waals surface area contributed by atoms with E-state index >= 15 is 0 Å². The fourth-order valence-electron chi connectivity index (χ4n) is 2.97. The van der Waals surface area contributed by atoms with Gasteiger partial charge in [0.25, 0.3) is 0 Å². The minimum Gasteiger partial charge on any atom is -0.284 e. The minimum atomic E-state index is -0.0817. The molecule has 0 amide bonds. The SMILES string of the molecule is ClC1(CSc2ccccc2)CC2CCN1CC2. The maximum Gasteiger partial charge on any atom is 0.106 e. The topological polar surface area (TPSA) is 3.24 Å². The second-order valence-electron chi connectivity index (χ2n) is 5.15. The van der Waals surface area contributed by atoms with Crippen LogP contribution in [0.25, 0.3) is 0 Å². The molecule has 0 N–H and O–H groups in total. The van der Waals surface area contributed by atoms with Gasteiger partial charge in [0, 0.05) is 23.7 Å². The van der Waals surface area contributed by atoms with Crippen molar-refractivity contribution in [2.75, 3.05) is 18.8 Å². The molecule has 1 unspecified atom stereocenters. The second-order valence-corrected chi connectivity index (χ2v) is 6.91. The van der Waals surface area contributed by atoms with Gasteiger partial charge in [0.15, 0.2) is 0 Å². The van der Waals surface area contributed by atoms with Crippen molar-refractivity contribution in [2.45, 2.75) is 29.2 Å². The van der Waals surface area contributed by atoms with Gasteiger partial charge in [-0.15, -0.1) is 23.4 Å². The van der Waals surface area contributed by atoms with Gasteiger partial charge < -0.3 is 0 Å². The Morgan fingerprint density at radius 3 is 2.53 bits per heavy atom. The first-order valence-electron chi connectivity index (χ1n) is 6.38. The van der Waals surface area contributed by atoms with E-state index in [4.69, 9.17) is 11.6 Å². The molecule has 0 spiro atoms. The number of thioether (sulfide) groups is 1. The number of halogens is 1. The molecule has 1 aromatic carbocycles. The first-order chi connectivity index (χ1) is 8.26. The fraction of sp³-hybridized carbons (Fsp3) is 0.571. The normalized spacial score (nSPS) is 36.1. The van der Waals surface area contributed by atoms with Gasteiger partial charge in [-0.1, -0.05) is 18.2 Å².